The van der Waals surface area contributed by atoms with Gasteiger partial charge in [-0.2, -0.15) is 0 Å². The average molecular weight is 294 g/mol. The molecule has 3 N–H and O–H groups in total. The third kappa shape index (κ3) is 5.33. The van der Waals surface area contributed by atoms with Crippen LogP contribution >= 0.6 is 0 Å². The Labute approximate surface area is 121 Å². The second-order valence-electron chi connectivity index (χ2n) is 4.69. The van der Waals surface area contributed by atoms with Crippen LogP contribution in [-0.2, 0) is 10.0 Å². The van der Waals surface area contributed by atoms with E-state index in [1.54, 1.807) is 24.3 Å². The number of unbranched alkanes of at least 4 members (excludes halogenated alkanes) is 1. The Bertz CT molecular complexity index is 568. The molecule has 0 bridgehead atoms. The van der Waals surface area contributed by atoms with Gasteiger partial charge in [-0.15, -0.1) is 0 Å². The lowest BCUT2D eigenvalue weighted by Crippen LogP contribution is -2.32. The smallest absolute Gasteiger partial charge is 0.240 e. The first kappa shape index (κ1) is 16.7. The highest BCUT2D eigenvalue weighted by Crippen LogP contribution is 2.12. The van der Waals surface area contributed by atoms with Crippen molar-refractivity contribution in [1.29, 1.82) is 0 Å². The number of nitrogens with one attached hydrogen (secondary N) is 1. The van der Waals surface area contributed by atoms with Gasteiger partial charge in [-0.25, -0.2) is 13.1 Å². The van der Waals surface area contributed by atoms with Crippen molar-refractivity contribution < 1.29 is 8.42 Å². The van der Waals surface area contributed by atoms with E-state index in [4.69, 9.17) is 5.73 Å². The van der Waals surface area contributed by atoms with Gasteiger partial charge in [0.15, 0.2) is 0 Å². The van der Waals surface area contributed by atoms with E-state index in [2.05, 4.69) is 23.5 Å². The van der Waals surface area contributed by atoms with E-state index in [0.717, 1.165) is 24.8 Å². The molecular formula is C15H22N2O2S. The van der Waals surface area contributed by atoms with Gasteiger partial charge in [-0.1, -0.05) is 31.6 Å². The predicted octanol–water partition coefficient (Wildman–Crippen LogP) is 1.85. The summed E-state index contributed by atoms with van der Waals surface area (Å²) >= 11 is 0. The second-order valence-corrected chi connectivity index (χ2v) is 6.41. The normalized spacial score (nSPS) is 12.6. The minimum Gasteiger partial charge on any atom is -0.320 e. The van der Waals surface area contributed by atoms with Gasteiger partial charge in [0.2, 0.25) is 10.0 Å². The first-order chi connectivity index (χ1) is 9.49. The highest BCUT2D eigenvalue weighted by molar-refractivity contribution is 7.89. The van der Waals surface area contributed by atoms with E-state index in [9.17, 15) is 8.42 Å². The molecule has 1 rings (SSSR count). The van der Waals surface area contributed by atoms with Gasteiger partial charge >= 0.3 is 0 Å². The molecule has 0 fully saturated rings. The maximum absolute atomic E-state index is 12.2. The fourth-order valence-electron chi connectivity index (χ4n) is 1.77. The molecule has 0 aliphatic carbocycles. The Hall–Kier alpha value is -1.35. The molecule has 0 heterocycles. The number of hydrogen-bond acceptors (Lipinski definition) is 3. The first-order valence-corrected chi connectivity index (χ1v) is 8.29. The number of sulfonamides is 1. The summed E-state index contributed by atoms with van der Waals surface area (Å²) in [6, 6.07) is 6.45. The molecule has 0 amide bonds. The molecule has 0 aliphatic heterocycles. The third-order valence-electron chi connectivity index (χ3n) is 2.85. The summed E-state index contributed by atoms with van der Waals surface area (Å²) in [4.78, 5) is 0.263. The van der Waals surface area contributed by atoms with Crippen LogP contribution in [0.15, 0.2) is 29.2 Å². The quantitative estimate of drug-likeness (QED) is 0.787. The number of rotatable bonds is 6. The first-order valence-electron chi connectivity index (χ1n) is 6.81. The zero-order chi connectivity index (χ0) is 15.0. The van der Waals surface area contributed by atoms with Crippen LogP contribution < -0.4 is 10.5 Å². The number of hydrogen-bond donors (Lipinski definition) is 2. The summed E-state index contributed by atoms with van der Waals surface area (Å²) < 4.78 is 27.0. The Kier molecular flexibility index (Phi) is 6.73. The number of nitrogens with two attached hydrogens (primary N) is 1. The van der Waals surface area contributed by atoms with Gasteiger partial charge < -0.3 is 5.73 Å². The van der Waals surface area contributed by atoms with Crippen LogP contribution in [0.3, 0.4) is 0 Å². The minimum absolute atomic E-state index is 0.0586. The molecule has 0 aliphatic rings. The molecule has 1 unspecified atom stereocenters. The molecule has 5 heteroatoms. The van der Waals surface area contributed by atoms with Crippen molar-refractivity contribution in [3.05, 3.63) is 29.8 Å². The zero-order valence-electron chi connectivity index (χ0n) is 12.0. The summed E-state index contributed by atoms with van der Waals surface area (Å²) in [7, 11) is -3.45. The largest absolute Gasteiger partial charge is 0.320 e. The van der Waals surface area contributed by atoms with Crippen molar-refractivity contribution in [2.75, 3.05) is 6.54 Å². The van der Waals surface area contributed by atoms with Crippen LogP contribution in [0.5, 0.6) is 0 Å². The van der Waals surface area contributed by atoms with Gasteiger partial charge in [-0.3, -0.25) is 0 Å². The van der Waals surface area contributed by atoms with E-state index in [0.29, 0.717) is 0 Å². The van der Waals surface area contributed by atoms with Gasteiger partial charge in [0.25, 0.3) is 0 Å². The summed E-state index contributed by atoms with van der Waals surface area (Å²) in [5.74, 6) is 5.59. The number of benzene rings is 1. The molecule has 1 atom stereocenters. The topological polar surface area (TPSA) is 72.2 Å². The fraction of sp³-hybridized carbons (Fsp3) is 0.467. The maximum Gasteiger partial charge on any atom is 0.240 e. The lowest BCUT2D eigenvalue weighted by molar-refractivity contribution is 0.534. The van der Waals surface area contributed by atoms with Crippen LogP contribution in [0.25, 0.3) is 0 Å². The molecule has 0 spiro atoms. The molecule has 0 aromatic heterocycles. The molecule has 0 saturated carbocycles. The van der Waals surface area contributed by atoms with Crippen LogP contribution in [0.2, 0.25) is 0 Å². The lowest BCUT2D eigenvalue weighted by Gasteiger charge is -2.13. The predicted molar refractivity (Wildman–Crippen MR) is 81.7 cm³/mol. The van der Waals surface area contributed by atoms with E-state index in [1.165, 1.54) is 0 Å². The highest BCUT2D eigenvalue weighted by atomic mass is 32.2. The van der Waals surface area contributed by atoms with Crippen molar-refractivity contribution in [2.24, 2.45) is 5.73 Å². The standard InChI is InChI=1S/C15H22N2O2S/c1-3-4-6-13(2)17-20(18,19)15-10-8-14(9-11-15)7-5-12-16/h8-11,13,17H,3-4,6,12,16H2,1-2H3. The third-order valence-corrected chi connectivity index (χ3v) is 4.45. The van der Waals surface area contributed by atoms with Gasteiger partial charge in [0, 0.05) is 11.6 Å². The van der Waals surface area contributed by atoms with Crippen molar-refractivity contribution in [1.82, 2.24) is 4.72 Å². The van der Waals surface area contributed by atoms with E-state index < -0.39 is 10.0 Å². The molecule has 0 radical (unpaired) electrons. The van der Waals surface area contributed by atoms with E-state index >= 15 is 0 Å². The lowest BCUT2D eigenvalue weighted by atomic mass is 10.2. The van der Waals surface area contributed by atoms with Gasteiger partial charge in [0.05, 0.1) is 11.4 Å². The van der Waals surface area contributed by atoms with Crippen molar-refractivity contribution in [3.63, 3.8) is 0 Å². The molecule has 1 aromatic carbocycles. The van der Waals surface area contributed by atoms with Crippen LogP contribution in [0, 0.1) is 11.8 Å². The SMILES string of the molecule is CCCCC(C)NS(=O)(=O)c1ccc(C#CCN)cc1. The molecule has 4 nitrogen and oxygen atoms in total. The molecule has 110 valence electrons. The average Bonchev–Trinajstić information content (AvgIpc) is 2.43. The van der Waals surface area contributed by atoms with Crippen molar-refractivity contribution >= 4 is 10.0 Å². The zero-order valence-corrected chi connectivity index (χ0v) is 12.8. The fourth-order valence-corrected chi connectivity index (χ4v) is 3.05. The molecule has 0 saturated heterocycles. The highest BCUT2D eigenvalue weighted by Gasteiger charge is 2.16. The molecule has 1 aromatic rings. The summed E-state index contributed by atoms with van der Waals surface area (Å²) in [5, 5.41) is 0. The molecule has 20 heavy (non-hydrogen) atoms. The van der Waals surface area contributed by atoms with Crippen LogP contribution in [0.1, 0.15) is 38.7 Å². The van der Waals surface area contributed by atoms with Crippen molar-refractivity contribution in [2.45, 2.75) is 44.0 Å². The van der Waals surface area contributed by atoms with Crippen molar-refractivity contribution in [3.8, 4) is 11.8 Å². The van der Waals surface area contributed by atoms with Gasteiger partial charge in [0.1, 0.15) is 0 Å². The minimum atomic E-state index is -3.45. The van der Waals surface area contributed by atoms with Gasteiger partial charge in [-0.05, 0) is 37.6 Å². The van der Waals surface area contributed by atoms with E-state index in [-0.39, 0.29) is 17.5 Å². The Morgan fingerprint density at radius 1 is 1.30 bits per heavy atom. The van der Waals surface area contributed by atoms with Crippen LogP contribution in [0.4, 0.5) is 0 Å². The second kappa shape index (κ2) is 8.05. The Morgan fingerprint density at radius 3 is 2.50 bits per heavy atom. The maximum atomic E-state index is 12.2. The van der Waals surface area contributed by atoms with Crippen LogP contribution in [-0.4, -0.2) is 21.0 Å². The summed E-state index contributed by atoms with van der Waals surface area (Å²) in [5.41, 5.74) is 6.05. The summed E-state index contributed by atoms with van der Waals surface area (Å²) in [6.07, 6.45) is 2.91. The summed E-state index contributed by atoms with van der Waals surface area (Å²) in [6.45, 7) is 4.26. The Balaban J connectivity index is 2.77. The van der Waals surface area contributed by atoms with E-state index in [1.807, 2.05) is 6.92 Å². The Morgan fingerprint density at radius 2 is 1.95 bits per heavy atom. The monoisotopic (exact) mass is 294 g/mol. The molecular weight excluding hydrogens is 272 g/mol.